The summed E-state index contributed by atoms with van der Waals surface area (Å²) >= 11 is 5.83. The van der Waals surface area contributed by atoms with E-state index >= 15 is 0 Å². The fraction of sp³-hybridized carbons (Fsp3) is 0.250. The van der Waals surface area contributed by atoms with Crippen molar-refractivity contribution in [3.63, 3.8) is 0 Å². The van der Waals surface area contributed by atoms with Gasteiger partial charge >= 0.3 is 6.18 Å². The minimum absolute atomic E-state index is 0.0516. The van der Waals surface area contributed by atoms with Crippen LogP contribution in [0.25, 0.3) is 0 Å². The number of benzene rings is 1. The van der Waals surface area contributed by atoms with Crippen molar-refractivity contribution in [2.75, 3.05) is 0 Å². The fourth-order valence-electron chi connectivity index (χ4n) is 1.67. The molecule has 1 aromatic carbocycles. The lowest BCUT2D eigenvalue weighted by molar-refractivity contribution is -0.141. The molecule has 0 radical (unpaired) electrons. The molecule has 1 aromatic heterocycles. The van der Waals surface area contributed by atoms with Crippen molar-refractivity contribution in [3.8, 4) is 0 Å². The Labute approximate surface area is 111 Å². The number of alkyl halides is 3. The average molecular weight is 293 g/mol. The first kappa shape index (κ1) is 13.9. The summed E-state index contributed by atoms with van der Waals surface area (Å²) in [4.78, 5) is 0. The zero-order chi connectivity index (χ0) is 14.2. The minimum Gasteiger partial charge on any atom is -0.249 e. The highest BCUT2D eigenvalue weighted by Gasteiger charge is 2.37. The molecule has 2 aromatic rings. The molecule has 0 atom stereocenters. The molecule has 0 fully saturated rings. The van der Waals surface area contributed by atoms with Crippen LogP contribution in [0, 0.1) is 12.7 Å². The van der Waals surface area contributed by atoms with Crippen molar-refractivity contribution in [2.24, 2.45) is 0 Å². The summed E-state index contributed by atoms with van der Waals surface area (Å²) in [5, 5.41) is 3.39. The van der Waals surface area contributed by atoms with Crippen molar-refractivity contribution >= 4 is 11.6 Å². The Morgan fingerprint density at radius 1 is 1.21 bits per heavy atom. The molecule has 0 saturated carbocycles. The first-order valence-electron chi connectivity index (χ1n) is 5.33. The Morgan fingerprint density at radius 3 is 2.26 bits per heavy atom. The SMILES string of the molecule is Cc1c(C(F)(F)F)nn(Cc2ccc(F)cc2)c1Cl. The van der Waals surface area contributed by atoms with Gasteiger partial charge in [-0.2, -0.15) is 18.3 Å². The molecule has 0 aliphatic heterocycles. The van der Waals surface area contributed by atoms with Gasteiger partial charge in [-0.25, -0.2) is 9.07 Å². The van der Waals surface area contributed by atoms with Gasteiger partial charge in [-0.15, -0.1) is 0 Å². The molecule has 0 spiro atoms. The summed E-state index contributed by atoms with van der Waals surface area (Å²) in [5.41, 5.74) is -0.504. The van der Waals surface area contributed by atoms with Gasteiger partial charge in [-0.1, -0.05) is 23.7 Å². The smallest absolute Gasteiger partial charge is 0.249 e. The van der Waals surface area contributed by atoms with Crippen LogP contribution in [0.15, 0.2) is 24.3 Å². The normalized spacial score (nSPS) is 11.9. The number of aromatic nitrogens is 2. The maximum absolute atomic E-state index is 12.7. The minimum atomic E-state index is -4.54. The maximum atomic E-state index is 12.7. The lowest BCUT2D eigenvalue weighted by atomic mass is 10.2. The largest absolute Gasteiger partial charge is 0.435 e. The van der Waals surface area contributed by atoms with E-state index in [1.54, 1.807) is 0 Å². The monoisotopic (exact) mass is 292 g/mol. The standard InChI is InChI=1S/C12H9ClF4N2/c1-7-10(12(15,16)17)18-19(11(7)13)6-8-2-4-9(14)5-3-8/h2-5H,6H2,1H3. The second kappa shape index (κ2) is 4.85. The summed E-state index contributed by atoms with van der Waals surface area (Å²) in [6, 6.07) is 5.39. The van der Waals surface area contributed by atoms with E-state index in [0.717, 1.165) is 4.68 Å². The molecule has 0 aliphatic rings. The maximum Gasteiger partial charge on any atom is 0.435 e. The Hall–Kier alpha value is -1.56. The molecular weight excluding hydrogens is 284 g/mol. The Balaban J connectivity index is 2.34. The van der Waals surface area contributed by atoms with Gasteiger partial charge in [0.25, 0.3) is 0 Å². The predicted octanol–water partition coefficient (Wildman–Crippen LogP) is 4.05. The third-order valence-electron chi connectivity index (χ3n) is 2.63. The third-order valence-corrected chi connectivity index (χ3v) is 3.10. The highest BCUT2D eigenvalue weighted by Crippen LogP contribution is 2.33. The highest BCUT2D eigenvalue weighted by atomic mass is 35.5. The summed E-state index contributed by atoms with van der Waals surface area (Å²) in [6.45, 7) is 1.31. The summed E-state index contributed by atoms with van der Waals surface area (Å²) in [6.07, 6.45) is -4.54. The van der Waals surface area contributed by atoms with Crippen LogP contribution in [-0.2, 0) is 12.7 Å². The number of nitrogens with zero attached hydrogens (tertiary/aromatic N) is 2. The van der Waals surface area contributed by atoms with E-state index < -0.39 is 17.7 Å². The molecule has 2 rings (SSSR count). The van der Waals surface area contributed by atoms with Crippen LogP contribution in [0.1, 0.15) is 16.8 Å². The quantitative estimate of drug-likeness (QED) is 0.764. The fourth-order valence-corrected chi connectivity index (χ4v) is 1.85. The first-order valence-corrected chi connectivity index (χ1v) is 5.71. The van der Waals surface area contributed by atoms with Crippen LogP contribution in [0.3, 0.4) is 0 Å². The lowest BCUT2D eigenvalue weighted by Gasteiger charge is -2.04. The zero-order valence-electron chi connectivity index (χ0n) is 9.80. The van der Waals surface area contributed by atoms with Gasteiger partial charge in [0, 0.05) is 5.56 Å². The Morgan fingerprint density at radius 2 is 1.79 bits per heavy atom. The molecule has 0 N–H and O–H groups in total. The van der Waals surface area contributed by atoms with Gasteiger partial charge in [-0.3, -0.25) is 0 Å². The van der Waals surface area contributed by atoms with Gasteiger partial charge in [0.05, 0.1) is 6.54 Å². The van der Waals surface area contributed by atoms with E-state index in [1.165, 1.54) is 31.2 Å². The molecule has 0 unspecified atom stereocenters. The average Bonchev–Trinajstić information content (AvgIpc) is 2.60. The van der Waals surface area contributed by atoms with Crippen molar-refractivity contribution in [2.45, 2.75) is 19.6 Å². The third kappa shape index (κ3) is 2.89. The summed E-state index contributed by atoms with van der Waals surface area (Å²) in [5.74, 6) is -0.414. The second-order valence-electron chi connectivity index (χ2n) is 4.05. The van der Waals surface area contributed by atoms with Crippen LogP contribution in [0.2, 0.25) is 5.15 Å². The molecule has 1 heterocycles. The van der Waals surface area contributed by atoms with E-state index in [1.807, 2.05) is 0 Å². The second-order valence-corrected chi connectivity index (χ2v) is 4.40. The van der Waals surface area contributed by atoms with Crippen LogP contribution < -0.4 is 0 Å². The van der Waals surface area contributed by atoms with Crippen LogP contribution in [0.5, 0.6) is 0 Å². The number of rotatable bonds is 2. The van der Waals surface area contributed by atoms with Crippen LogP contribution in [0.4, 0.5) is 17.6 Å². The number of halogens is 5. The van der Waals surface area contributed by atoms with E-state index in [9.17, 15) is 17.6 Å². The zero-order valence-corrected chi connectivity index (χ0v) is 10.6. The van der Waals surface area contributed by atoms with E-state index in [2.05, 4.69) is 5.10 Å². The Kier molecular flexibility index (Phi) is 3.54. The van der Waals surface area contributed by atoms with Crippen molar-refractivity contribution in [1.82, 2.24) is 9.78 Å². The molecule has 19 heavy (non-hydrogen) atoms. The van der Waals surface area contributed by atoms with E-state index in [4.69, 9.17) is 11.6 Å². The first-order chi connectivity index (χ1) is 8.79. The van der Waals surface area contributed by atoms with Gasteiger partial charge in [0.2, 0.25) is 0 Å². The molecule has 7 heteroatoms. The topological polar surface area (TPSA) is 17.8 Å². The van der Waals surface area contributed by atoms with Crippen LogP contribution >= 0.6 is 11.6 Å². The van der Waals surface area contributed by atoms with E-state index in [0.29, 0.717) is 5.56 Å². The summed E-state index contributed by atoms with van der Waals surface area (Å²) < 4.78 is 51.7. The van der Waals surface area contributed by atoms with Gasteiger partial charge < -0.3 is 0 Å². The molecule has 0 aliphatic carbocycles. The van der Waals surface area contributed by atoms with Gasteiger partial charge in [-0.05, 0) is 24.6 Å². The van der Waals surface area contributed by atoms with Crippen molar-refractivity contribution in [1.29, 1.82) is 0 Å². The predicted molar refractivity (Wildman–Crippen MR) is 62.5 cm³/mol. The van der Waals surface area contributed by atoms with Crippen molar-refractivity contribution in [3.05, 3.63) is 52.1 Å². The molecule has 0 bridgehead atoms. The molecular formula is C12H9ClF4N2. The number of hydrogen-bond acceptors (Lipinski definition) is 1. The molecule has 0 saturated heterocycles. The molecule has 0 amide bonds. The number of hydrogen-bond donors (Lipinski definition) is 0. The van der Waals surface area contributed by atoms with Crippen molar-refractivity contribution < 1.29 is 17.6 Å². The molecule has 2 nitrogen and oxygen atoms in total. The summed E-state index contributed by atoms with van der Waals surface area (Å²) in [7, 11) is 0. The highest BCUT2D eigenvalue weighted by molar-refractivity contribution is 6.30. The van der Waals surface area contributed by atoms with Gasteiger partial charge in [0.15, 0.2) is 5.69 Å². The van der Waals surface area contributed by atoms with Gasteiger partial charge in [0.1, 0.15) is 11.0 Å². The lowest BCUT2D eigenvalue weighted by Crippen LogP contribution is -2.09. The van der Waals surface area contributed by atoms with Crippen LogP contribution in [-0.4, -0.2) is 9.78 Å². The van der Waals surface area contributed by atoms with E-state index in [-0.39, 0.29) is 17.3 Å². The Bertz CT molecular complexity index is 587. The molecule has 102 valence electrons.